The first kappa shape index (κ1) is 22.8. The van der Waals surface area contributed by atoms with Crippen LogP contribution in [0.2, 0.25) is 10.0 Å². The molecule has 2 heterocycles. The van der Waals surface area contributed by atoms with Crippen molar-refractivity contribution in [1.82, 2.24) is 20.4 Å². The molecule has 1 saturated heterocycles. The molecule has 2 aromatic carbocycles. The van der Waals surface area contributed by atoms with E-state index in [9.17, 15) is 4.79 Å². The SMILES string of the molecule is O=C(NCCCc1ccc(Cl)cc1)C1CCN(Cc2nc(-c3ccc(Cl)cc3)no2)CC1. The van der Waals surface area contributed by atoms with E-state index in [0.717, 1.165) is 49.4 Å². The summed E-state index contributed by atoms with van der Waals surface area (Å²) in [6.07, 6.45) is 3.51. The number of hydrogen-bond acceptors (Lipinski definition) is 5. The Labute approximate surface area is 197 Å². The van der Waals surface area contributed by atoms with Crippen molar-refractivity contribution < 1.29 is 9.32 Å². The molecule has 0 bridgehead atoms. The molecule has 1 aliphatic heterocycles. The zero-order valence-electron chi connectivity index (χ0n) is 17.8. The molecule has 1 amide bonds. The fourth-order valence-electron chi connectivity index (χ4n) is 3.88. The van der Waals surface area contributed by atoms with Crippen molar-refractivity contribution in [2.75, 3.05) is 19.6 Å². The van der Waals surface area contributed by atoms with Crippen molar-refractivity contribution in [1.29, 1.82) is 0 Å². The summed E-state index contributed by atoms with van der Waals surface area (Å²) < 4.78 is 5.41. The summed E-state index contributed by atoms with van der Waals surface area (Å²) in [5, 5.41) is 8.57. The molecule has 3 aromatic rings. The van der Waals surface area contributed by atoms with Gasteiger partial charge in [0.2, 0.25) is 17.6 Å². The number of halogens is 2. The number of hydrogen-bond donors (Lipinski definition) is 1. The van der Waals surface area contributed by atoms with E-state index in [1.165, 1.54) is 5.56 Å². The summed E-state index contributed by atoms with van der Waals surface area (Å²) in [7, 11) is 0. The minimum absolute atomic E-state index is 0.0640. The fraction of sp³-hybridized carbons (Fsp3) is 0.375. The van der Waals surface area contributed by atoms with Crippen molar-refractivity contribution in [3.05, 3.63) is 70.0 Å². The van der Waals surface area contributed by atoms with E-state index in [2.05, 4.69) is 20.4 Å². The summed E-state index contributed by atoms with van der Waals surface area (Å²) in [6.45, 7) is 2.95. The van der Waals surface area contributed by atoms with Crippen LogP contribution in [-0.4, -0.2) is 40.6 Å². The predicted octanol–water partition coefficient (Wildman–Crippen LogP) is 5.00. The van der Waals surface area contributed by atoms with Crippen LogP contribution in [0.1, 0.15) is 30.7 Å². The van der Waals surface area contributed by atoms with E-state index in [4.69, 9.17) is 27.7 Å². The van der Waals surface area contributed by atoms with Crippen molar-refractivity contribution in [2.45, 2.75) is 32.2 Å². The first-order chi connectivity index (χ1) is 15.6. The van der Waals surface area contributed by atoms with E-state index < -0.39 is 0 Å². The molecule has 32 heavy (non-hydrogen) atoms. The maximum atomic E-state index is 12.5. The Morgan fingerprint density at radius 3 is 2.38 bits per heavy atom. The summed E-state index contributed by atoms with van der Waals surface area (Å²) in [5.74, 6) is 1.36. The van der Waals surface area contributed by atoms with Gasteiger partial charge in [0.05, 0.1) is 6.54 Å². The molecular formula is C24H26Cl2N4O2. The molecule has 0 saturated carbocycles. The number of nitrogens with one attached hydrogen (secondary N) is 1. The molecule has 1 aromatic heterocycles. The van der Waals surface area contributed by atoms with E-state index in [1.54, 1.807) is 12.1 Å². The zero-order chi connectivity index (χ0) is 22.3. The van der Waals surface area contributed by atoms with Crippen LogP contribution in [0.5, 0.6) is 0 Å². The second kappa shape index (κ2) is 10.9. The third-order valence-corrected chi connectivity index (χ3v) is 6.25. The molecule has 0 atom stereocenters. The maximum absolute atomic E-state index is 12.5. The molecule has 168 valence electrons. The number of benzene rings is 2. The zero-order valence-corrected chi connectivity index (χ0v) is 19.3. The van der Waals surface area contributed by atoms with Gasteiger partial charge in [-0.3, -0.25) is 9.69 Å². The summed E-state index contributed by atoms with van der Waals surface area (Å²) in [6, 6.07) is 15.2. The van der Waals surface area contributed by atoms with Gasteiger partial charge in [0.25, 0.3) is 0 Å². The first-order valence-corrected chi connectivity index (χ1v) is 11.7. The van der Waals surface area contributed by atoms with Crippen molar-refractivity contribution in [3.63, 3.8) is 0 Å². The molecule has 1 N–H and O–H groups in total. The van der Waals surface area contributed by atoms with Crippen LogP contribution in [0.15, 0.2) is 53.1 Å². The van der Waals surface area contributed by atoms with Crippen LogP contribution in [0, 0.1) is 5.92 Å². The average molecular weight is 473 g/mol. The Balaban J connectivity index is 1.17. The van der Waals surface area contributed by atoms with Gasteiger partial charge in [-0.25, -0.2) is 0 Å². The summed E-state index contributed by atoms with van der Waals surface area (Å²) >= 11 is 11.8. The van der Waals surface area contributed by atoms with Gasteiger partial charge in [-0.1, -0.05) is 40.5 Å². The number of piperidine rings is 1. The minimum atomic E-state index is 0.0640. The van der Waals surface area contributed by atoms with Crippen LogP contribution in [-0.2, 0) is 17.8 Å². The highest BCUT2D eigenvalue weighted by molar-refractivity contribution is 6.30. The van der Waals surface area contributed by atoms with Gasteiger partial charge in [0.1, 0.15) is 0 Å². The lowest BCUT2D eigenvalue weighted by Gasteiger charge is -2.30. The van der Waals surface area contributed by atoms with Crippen molar-refractivity contribution in [2.24, 2.45) is 5.92 Å². The van der Waals surface area contributed by atoms with Crippen molar-refractivity contribution >= 4 is 29.1 Å². The fourth-order valence-corrected chi connectivity index (χ4v) is 4.13. The monoisotopic (exact) mass is 472 g/mol. The molecule has 0 unspecified atom stereocenters. The molecule has 8 heteroatoms. The van der Waals surface area contributed by atoms with E-state index >= 15 is 0 Å². The number of amides is 1. The van der Waals surface area contributed by atoms with Crippen molar-refractivity contribution in [3.8, 4) is 11.4 Å². The van der Waals surface area contributed by atoms with E-state index in [0.29, 0.717) is 29.8 Å². The molecule has 1 aliphatic rings. The number of carbonyl (C=O) groups excluding carboxylic acids is 1. The topological polar surface area (TPSA) is 71.3 Å². The standard InChI is InChI=1S/C24H26Cl2N4O2/c25-20-7-3-17(4-8-20)2-1-13-27-24(31)19-11-14-30(15-12-19)16-22-28-23(29-32-22)18-5-9-21(26)10-6-18/h3-10,19H,1-2,11-16H2,(H,27,31). The molecule has 6 nitrogen and oxygen atoms in total. The molecule has 4 rings (SSSR count). The van der Waals surface area contributed by atoms with E-state index in [-0.39, 0.29) is 11.8 Å². The first-order valence-electron chi connectivity index (χ1n) is 10.9. The van der Waals surface area contributed by atoms with Gasteiger partial charge in [-0.15, -0.1) is 0 Å². The van der Waals surface area contributed by atoms with Crippen LogP contribution >= 0.6 is 23.2 Å². The van der Waals surface area contributed by atoms with Crippen LogP contribution < -0.4 is 5.32 Å². The van der Waals surface area contributed by atoms with Gasteiger partial charge >= 0.3 is 0 Å². The highest BCUT2D eigenvalue weighted by atomic mass is 35.5. The Bertz CT molecular complexity index is 1010. The number of carbonyl (C=O) groups is 1. The molecule has 1 fully saturated rings. The number of aromatic nitrogens is 2. The Morgan fingerprint density at radius 1 is 1.03 bits per heavy atom. The molecule has 0 aliphatic carbocycles. The van der Waals surface area contributed by atoms with Gasteiger partial charge < -0.3 is 9.84 Å². The lowest BCUT2D eigenvalue weighted by molar-refractivity contribution is -0.126. The smallest absolute Gasteiger partial charge is 0.241 e. The van der Waals surface area contributed by atoms with E-state index in [1.807, 2.05) is 36.4 Å². The Morgan fingerprint density at radius 2 is 1.69 bits per heavy atom. The average Bonchev–Trinajstić information content (AvgIpc) is 3.27. The Kier molecular flexibility index (Phi) is 7.79. The highest BCUT2D eigenvalue weighted by Gasteiger charge is 2.25. The number of likely N-dealkylation sites (tertiary alicyclic amines) is 1. The van der Waals surface area contributed by atoms with Gasteiger partial charge in [-0.05, 0) is 80.7 Å². The lowest BCUT2D eigenvalue weighted by atomic mass is 9.96. The molecule has 0 spiro atoms. The van der Waals surface area contributed by atoms with Crippen LogP contribution in [0.25, 0.3) is 11.4 Å². The highest BCUT2D eigenvalue weighted by Crippen LogP contribution is 2.22. The summed E-state index contributed by atoms with van der Waals surface area (Å²) in [4.78, 5) is 19.2. The normalized spacial score (nSPS) is 15.1. The number of rotatable bonds is 8. The van der Waals surface area contributed by atoms with Gasteiger partial charge in [0.15, 0.2) is 0 Å². The number of nitrogens with zero attached hydrogens (tertiary/aromatic N) is 3. The quantitative estimate of drug-likeness (QED) is 0.466. The minimum Gasteiger partial charge on any atom is -0.356 e. The largest absolute Gasteiger partial charge is 0.356 e. The van der Waals surface area contributed by atoms with Crippen LogP contribution in [0.4, 0.5) is 0 Å². The van der Waals surface area contributed by atoms with Gasteiger partial charge in [-0.2, -0.15) is 4.98 Å². The molecular weight excluding hydrogens is 447 g/mol. The maximum Gasteiger partial charge on any atom is 0.241 e. The molecule has 0 radical (unpaired) electrons. The van der Waals surface area contributed by atoms with Crippen LogP contribution in [0.3, 0.4) is 0 Å². The predicted molar refractivity (Wildman–Crippen MR) is 126 cm³/mol. The Hall–Kier alpha value is -2.41. The summed E-state index contributed by atoms with van der Waals surface area (Å²) in [5.41, 5.74) is 2.10. The lowest BCUT2D eigenvalue weighted by Crippen LogP contribution is -2.40. The second-order valence-corrected chi connectivity index (χ2v) is 8.96. The van der Waals surface area contributed by atoms with Gasteiger partial charge in [0, 0.05) is 28.1 Å². The number of aryl methyl sites for hydroxylation is 1. The second-order valence-electron chi connectivity index (χ2n) is 8.09. The third-order valence-electron chi connectivity index (χ3n) is 5.74. The third kappa shape index (κ3) is 6.31.